The summed E-state index contributed by atoms with van der Waals surface area (Å²) in [6.07, 6.45) is 9.16. The molecule has 2 N–H and O–H groups in total. The number of anilines is 2. The molecule has 2 aromatic rings. The fraction of sp³-hybridized carbons (Fsp3) is 0.609. The highest BCUT2D eigenvalue weighted by Gasteiger charge is 2.24. The lowest BCUT2D eigenvalue weighted by Crippen LogP contribution is -2.42. The Kier molecular flexibility index (Phi) is 7.24. The van der Waals surface area contributed by atoms with Crippen LogP contribution in [0.15, 0.2) is 18.2 Å². The van der Waals surface area contributed by atoms with Gasteiger partial charge in [0.1, 0.15) is 5.75 Å². The molecule has 1 saturated carbocycles. The Hall–Kier alpha value is -2.68. The zero-order valence-corrected chi connectivity index (χ0v) is 18.9. The number of ether oxygens (including phenoxy) is 1. The second kappa shape index (κ2) is 10.3. The number of phenols is 1. The van der Waals surface area contributed by atoms with Gasteiger partial charge in [-0.2, -0.15) is 15.0 Å². The molecular weight excluding hydrogens is 411 g/mol. The van der Waals surface area contributed by atoms with Crippen molar-refractivity contribution in [1.29, 1.82) is 0 Å². The van der Waals surface area contributed by atoms with E-state index in [1.165, 1.54) is 37.8 Å². The average Bonchev–Trinajstić information content (AvgIpc) is 3.05. The van der Waals surface area contributed by atoms with Gasteiger partial charge in [-0.15, -0.1) is 0 Å². The van der Waals surface area contributed by atoms with Crippen molar-refractivity contribution in [2.45, 2.75) is 63.5 Å². The lowest BCUT2D eigenvalue weighted by molar-refractivity contribution is 0.252. The van der Waals surface area contributed by atoms with E-state index in [1.54, 1.807) is 0 Å². The molecule has 0 amide bonds. The number of benzene rings is 1. The maximum Gasteiger partial charge on any atom is 0.328 e. The van der Waals surface area contributed by atoms with Crippen LogP contribution in [0.5, 0.6) is 17.5 Å². The van der Waals surface area contributed by atoms with Crippen LogP contribution in [0.4, 0.5) is 16.3 Å². The van der Waals surface area contributed by atoms with Crippen molar-refractivity contribution < 1.29 is 14.2 Å². The number of hydrogen-bond donors (Lipinski definition) is 2. The van der Waals surface area contributed by atoms with Crippen LogP contribution in [0.1, 0.15) is 51.4 Å². The number of phenolic OH excluding ortho intramolecular Hbond substituents is 1. The topological polar surface area (TPSA) is 86.6 Å². The minimum Gasteiger partial charge on any atom is -0.505 e. The molecule has 9 heteroatoms. The number of nitrogens with zero attached hydrogens (tertiary/aromatic N) is 5. The average molecular weight is 445 g/mol. The van der Waals surface area contributed by atoms with Gasteiger partial charge in [0.15, 0.2) is 11.6 Å². The van der Waals surface area contributed by atoms with Crippen LogP contribution in [-0.4, -0.2) is 64.2 Å². The van der Waals surface area contributed by atoms with E-state index in [1.807, 2.05) is 7.05 Å². The van der Waals surface area contributed by atoms with E-state index < -0.39 is 11.6 Å². The molecule has 1 aliphatic heterocycles. The Morgan fingerprint density at radius 3 is 2.47 bits per heavy atom. The first-order valence-corrected chi connectivity index (χ1v) is 11.6. The zero-order chi connectivity index (χ0) is 22.5. The summed E-state index contributed by atoms with van der Waals surface area (Å²) in [5.41, 5.74) is 0. The number of piperidine rings is 1. The van der Waals surface area contributed by atoms with Gasteiger partial charge in [0.25, 0.3) is 0 Å². The molecule has 1 aliphatic carbocycles. The summed E-state index contributed by atoms with van der Waals surface area (Å²) in [6.45, 7) is 2.06. The van der Waals surface area contributed by atoms with Gasteiger partial charge >= 0.3 is 6.01 Å². The summed E-state index contributed by atoms with van der Waals surface area (Å²) >= 11 is 0. The van der Waals surface area contributed by atoms with Gasteiger partial charge in [-0.3, -0.25) is 0 Å². The van der Waals surface area contributed by atoms with E-state index >= 15 is 0 Å². The van der Waals surface area contributed by atoms with Crippen LogP contribution in [0.25, 0.3) is 0 Å². The van der Waals surface area contributed by atoms with Crippen molar-refractivity contribution in [1.82, 2.24) is 19.9 Å². The number of rotatable bonds is 6. The van der Waals surface area contributed by atoms with Crippen molar-refractivity contribution >= 4 is 11.9 Å². The number of likely N-dealkylation sites (tertiary alicyclic amines) is 1. The maximum absolute atomic E-state index is 13.8. The Morgan fingerprint density at radius 1 is 1.06 bits per heavy atom. The van der Waals surface area contributed by atoms with Crippen LogP contribution in [0, 0.1) is 5.82 Å². The predicted molar refractivity (Wildman–Crippen MR) is 122 cm³/mol. The molecule has 174 valence electrons. The van der Waals surface area contributed by atoms with Crippen LogP contribution < -0.4 is 15.0 Å². The Balaban J connectivity index is 1.58. The quantitative estimate of drug-likeness (QED) is 0.642. The second-order valence-corrected chi connectivity index (χ2v) is 8.94. The monoisotopic (exact) mass is 444 g/mol. The van der Waals surface area contributed by atoms with Gasteiger partial charge in [0, 0.05) is 25.2 Å². The fourth-order valence-electron chi connectivity index (χ4n) is 4.42. The molecule has 0 bridgehead atoms. The summed E-state index contributed by atoms with van der Waals surface area (Å²) in [7, 11) is 4.14. The molecule has 2 heterocycles. The van der Waals surface area contributed by atoms with Gasteiger partial charge < -0.3 is 25.0 Å². The number of aromatic nitrogens is 3. The number of hydrogen-bond acceptors (Lipinski definition) is 8. The summed E-state index contributed by atoms with van der Waals surface area (Å²) in [6, 6.07) is 4.62. The van der Waals surface area contributed by atoms with Gasteiger partial charge in [-0.05, 0) is 58.0 Å². The van der Waals surface area contributed by atoms with Gasteiger partial charge in [-0.25, -0.2) is 4.39 Å². The smallest absolute Gasteiger partial charge is 0.328 e. The second-order valence-electron chi connectivity index (χ2n) is 8.94. The van der Waals surface area contributed by atoms with Gasteiger partial charge in [-0.1, -0.05) is 25.7 Å². The van der Waals surface area contributed by atoms with E-state index in [2.05, 4.69) is 32.1 Å². The standard InChI is InChI=1S/C23H33FN6O2/c1-29-13-11-17(12-14-29)30(2)22-26-21(25-16-7-5-3-4-6-8-16)27-23(28-22)32-18-9-10-20(31)19(24)15-18/h9-10,15-17,31H,3-8,11-14H2,1-2H3,(H,25,26,27,28). The van der Waals surface area contributed by atoms with E-state index in [-0.39, 0.29) is 11.8 Å². The van der Waals surface area contributed by atoms with Crippen molar-refractivity contribution in [3.8, 4) is 17.5 Å². The third kappa shape index (κ3) is 5.76. The summed E-state index contributed by atoms with van der Waals surface area (Å²) < 4.78 is 19.6. The van der Waals surface area contributed by atoms with Crippen molar-refractivity contribution in [3.05, 3.63) is 24.0 Å². The van der Waals surface area contributed by atoms with Gasteiger partial charge in [0.05, 0.1) is 0 Å². The van der Waals surface area contributed by atoms with Crippen molar-refractivity contribution in [3.63, 3.8) is 0 Å². The van der Waals surface area contributed by atoms with E-state index in [0.29, 0.717) is 24.0 Å². The van der Waals surface area contributed by atoms with E-state index in [4.69, 9.17) is 9.72 Å². The molecule has 0 atom stereocenters. The molecule has 1 saturated heterocycles. The number of nitrogens with one attached hydrogen (secondary N) is 1. The first kappa shape index (κ1) is 22.5. The largest absolute Gasteiger partial charge is 0.505 e. The molecular formula is C23H33FN6O2. The molecule has 8 nitrogen and oxygen atoms in total. The van der Waals surface area contributed by atoms with E-state index in [0.717, 1.165) is 44.8 Å². The lowest BCUT2D eigenvalue weighted by Gasteiger charge is -2.35. The van der Waals surface area contributed by atoms with Crippen LogP contribution in [0.3, 0.4) is 0 Å². The van der Waals surface area contributed by atoms with Crippen LogP contribution >= 0.6 is 0 Å². The summed E-state index contributed by atoms with van der Waals surface area (Å²) in [5, 5.41) is 12.9. The Morgan fingerprint density at radius 2 is 1.78 bits per heavy atom. The Bertz CT molecular complexity index is 898. The molecule has 4 rings (SSSR count). The lowest BCUT2D eigenvalue weighted by atomic mass is 10.0. The fourth-order valence-corrected chi connectivity index (χ4v) is 4.42. The summed E-state index contributed by atoms with van der Waals surface area (Å²) in [5.74, 6) is 0.0686. The highest BCUT2D eigenvalue weighted by Crippen LogP contribution is 2.28. The van der Waals surface area contributed by atoms with Crippen molar-refractivity contribution in [2.24, 2.45) is 0 Å². The normalized spacial score (nSPS) is 18.8. The van der Waals surface area contributed by atoms with Crippen molar-refractivity contribution in [2.75, 3.05) is 37.4 Å². The SMILES string of the molecule is CN1CCC(N(C)c2nc(NC3CCCCCC3)nc(Oc3ccc(O)c(F)c3)n2)CC1. The molecule has 2 aliphatic rings. The molecule has 2 fully saturated rings. The summed E-state index contributed by atoms with van der Waals surface area (Å²) in [4.78, 5) is 18.1. The first-order chi connectivity index (χ1) is 15.5. The third-order valence-corrected chi connectivity index (χ3v) is 6.47. The molecule has 1 aromatic heterocycles. The Labute approximate surface area is 188 Å². The molecule has 32 heavy (non-hydrogen) atoms. The first-order valence-electron chi connectivity index (χ1n) is 11.6. The number of aromatic hydroxyl groups is 1. The van der Waals surface area contributed by atoms with Crippen LogP contribution in [0.2, 0.25) is 0 Å². The highest BCUT2D eigenvalue weighted by atomic mass is 19.1. The molecule has 0 spiro atoms. The van der Waals surface area contributed by atoms with Gasteiger partial charge in [0.2, 0.25) is 11.9 Å². The zero-order valence-electron chi connectivity index (χ0n) is 18.9. The highest BCUT2D eigenvalue weighted by molar-refractivity contribution is 5.41. The minimum atomic E-state index is -0.753. The van der Waals surface area contributed by atoms with E-state index in [9.17, 15) is 9.50 Å². The predicted octanol–water partition coefficient (Wildman–Crippen LogP) is 4.17. The molecule has 1 aromatic carbocycles. The maximum atomic E-state index is 13.8. The minimum absolute atomic E-state index is 0.107. The number of halogens is 1. The third-order valence-electron chi connectivity index (χ3n) is 6.47. The molecule has 0 unspecified atom stereocenters. The molecule has 0 radical (unpaired) electrons. The van der Waals surface area contributed by atoms with Crippen LogP contribution in [-0.2, 0) is 0 Å².